The molecule has 1 aromatic carbocycles. The number of rotatable bonds is 4. The van der Waals surface area contributed by atoms with Crippen molar-refractivity contribution in [1.29, 1.82) is 0 Å². The topological polar surface area (TPSA) is 42.0 Å². The molecule has 0 aliphatic carbocycles. The summed E-state index contributed by atoms with van der Waals surface area (Å²) in [5, 5.41) is 3.87. The lowest BCUT2D eigenvalue weighted by atomic mass is 10.0. The summed E-state index contributed by atoms with van der Waals surface area (Å²) >= 11 is 12.0. The number of hydrogen-bond acceptors (Lipinski definition) is 2. The summed E-state index contributed by atoms with van der Waals surface area (Å²) in [6.07, 6.45) is 1.55. The predicted octanol–water partition coefficient (Wildman–Crippen LogP) is 4.77. The summed E-state index contributed by atoms with van der Waals surface area (Å²) in [5.74, 6) is -0.288. The van der Waals surface area contributed by atoms with Crippen molar-refractivity contribution in [3.05, 3.63) is 57.3 Å². The number of carbonyl (C=O) groups is 1. The van der Waals surface area contributed by atoms with E-state index in [-0.39, 0.29) is 11.6 Å². The Hall–Kier alpha value is -1.58. The lowest BCUT2D eigenvalue weighted by molar-refractivity contribution is 0.102. The van der Waals surface area contributed by atoms with Crippen LogP contribution in [0.25, 0.3) is 0 Å². The monoisotopic (exact) mass is 322 g/mol. The molecule has 0 fully saturated rings. The van der Waals surface area contributed by atoms with Crippen LogP contribution in [0.3, 0.4) is 0 Å². The number of hydrogen-bond donors (Lipinski definition) is 1. The molecule has 0 saturated carbocycles. The summed E-state index contributed by atoms with van der Waals surface area (Å²) < 4.78 is 0. The van der Waals surface area contributed by atoms with E-state index in [4.69, 9.17) is 23.2 Å². The van der Waals surface area contributed by atoms with E-state index < -0.39 is 0 Å². The SMILES string of the molecule is CCc1ccc(Cl)c(CC)c1NC(=O)c1cccc(Cl)n1. The number of nitrogens with zero attached hydrogens (tertiary/aromatic N) is 1. The third-order valence-electron chi connectivity index (χ3n) is 3.26. The molecular formula is C16H16Cl2N2O. The Morgan fingerprint density at radius 2 is 1.90 bits per heavy atom. The van der Waals surface area contributed by atoms with E-state index in [0.29, 0.717) is 10.2 Å². The Bertz CT molecular complexity index is 671. The van der Waals surface area contributed by atoms with Gasteiger partial charge in [0.25, 0.3) is 5.91 Å². The fraction of sp³-hybridized carbons (Fsp3) is 0.250. The third kappa shape index (κ3) is 3.55. The van der Waals surface area contributed by atoms with Gasteiger partial charge in [0.2, 0.25) is 0 Å². The molecule has 2 rings (SSSR count). The minimum absolute atomic E-state index is 0.284. The number of aromatic nitrogens is 1. The molecule has 0 bridgehead atoms. The van der Waals surface area contributed by atoms with Gasteiger partial charge in [0, 0.05) is 10.7 Å². The minimum atomic E-state index is -0.288. The molecular weight excluding hydrogens is 307 g/mol. The first-order valence-electron chi connectivity index (χ1n) is 6.81. The van der Waals surface area contributed by atoms with Gasteiger partial charge < -0.3 is 5.32 Å². The van der Waals surface area contributed by atoms with Gasteiger partial charge in [0.1, 0.15) is 10.8 Å². The van der Waals surface area contributed by atoms with Crippen LogP contribution in [0.1, 0.15) is 35.5 Å². The number of carbonyl (C=O) groups excluding carboxylic acids is 1. The molecule has 0 aliphatic heterocycles. The van der Waals surface area contributed by atoms with Crippen LogP contribution in [-0.2, 0) is 12.8 Å². The zero-order valence-corrected chi connectivity index (χ0v) is 13.4. The predicted molar refractivity (Wildman–Crippen MR) is 87.4 cm³/mol. The highest BCUT2D eigenvalue weighted by molar-refractivity contribution is 6.32. The van der Waals surface area contributed by atoms with Crippen molar-refractivity contribution in [3.8, 4) is 0 Å². The smallest absolute Gasteiger partial charge is 0.274 e. The van der Waals surface area contributed by atoms with Crippen molar-refractivity contribution in [1.82, 2.24) is 4.98 Å². The number of halogens is 2. The van der Waals surface area contributed by atoms with Gasteiger partial charge in [-0.15, -0.1) is 0 Å². The summed E-state index contributed by atoms with van der Waals surface area (Å²) in [4.78, 5) is 16.4. The summed E-state index contributed by atoms with van der Waals surface area (Å²) in [7, 11) is 0. The summed E-state index contributed by atoms with van der Waals surface area (Å²) in [5.41, 5.74) is 3.05. The van der Waals surface area contributed by atoms with Crippen molar-refractivity contribution >= 4 is 34.8 Å². The Balaban J connectivity index is 2.38. The average molecular weight is 323 g/mol. The van der Waals surface area contributed by atoms with E-state index in [1.807, 2.05) is 26.0 Å². The van der Waals surface area contributed by atoms with Gasteiger partial charge in [-0.3, -0.25) is 4.79 Å². The molecule has 1 heterocycles. The van der Waals surface area contributed by atoms with Crippen molar-refractivity contribution in [3.63, 3.8) is 0 Å². The largest absolute Gasteiger partial charge is 0.320 e. The molecule has 0 aliphatic rings. The van der Waals surface area contributed by atoms with Gasteiger partial charge in [-0.1, -0.05) is 49.2 Å². The van der Waals surface area contributed by atoms with Gasteiger partial charge in [-0.2, -0.15) is 0 Å². The Morgan fingerprint density at radius 1 is 1.14 bits per heavy atom. The standard InChI is InChI=1S/C16H16Cl2N2O/c1-3-10-8-9-12(17)11(4-2)15(10)20-16(21)13-6-5-7-14(18)19-13/h5-9H,3-4H2,1-2H3,(H,20,21). The molecule has 1 amide bonds. The van der Waals surface area contributed by atoms with Crippen LogP contribution < -0.4 is 5.32 Å². The lowest BCUT2D eigenvalue weighted by Crippen LogP contribution is -2.16. The zero-order valence-electron chi connectivity index (χ0n) is 11.9. The van der Waals surface area contributed by atoms with Crippen LogP contribution in [0.5, 0.6) is 0 Å². The van der Waals surface area contributed by atoms with Crippen LogP contribution in [0.4, 0.5) is 5.69 Å². The van der Waals surface area contributed by atoms with Gasteiger partial charge >= 0.3 is 0 Å². The third-order valence-corrected chi connectivity index (χ3v) is 3.83. The summed E-state index contributed by atoms with van der Waals surface area (Å²) in [6, 6.07) is 8.76. The molecule has 110 valence electrons. The maximum absolute atomic E-state index is 12.3. The fourth-order valence-corrected chi connectivity index (χ4v) is 2.63. The molecule has 0 spiro atoms. The molecule has 0 saturated heterocycles. The molecule has 0 radical (unpaired) electrons. The van der Waals surface area contributed by atoms with Crippen LogP contribution in [0, 0.1) is 0 Å². The highest BCUT2D eigenvalue weighted by Crippen LogP contribution is 2.29. The van der Waals surface area contributed by atoms with Gasteiger partial charge in [0.05, 0.1) is 0 Å². The van der Waals surface area contributed by atoms with Crippen LogP contribution in [0.2, 0.25) is 10.2 Å². The molecule has 3 nitrogen and oxygen atoms in total. The molecule has 0 unspecified atom stereocenters. The molecule has 5 heteroatoms. The number of nitrogens with one attached hydrogen (secondary N) is 1. The molecule has 2 aromatic rings. The number of aryl methyl sites for hydroxylation is 1. The van der Waals surface area contributed by atoms with E-state index >= 15 is 0 Å². The minimum Gasteiger partial charge on any atom is -0.320 e. The normalized spacial score (nSPS) is 10.5. The summed E-state index contributed by atoms with van der Waals surface area (Å²) in [6.45, 7) is 4.05. The van der Waals surface area contributed by atoms with E-state index in [2.05, 4.69) is 10.3 Å². The Morgan fingerprint density at radius 3 is 2.52 bits per heavy atom. The number of pyridine rings is 1. The van der Waals surface area contributed by atoms with Crippen LogP contribution in [-0.4, -0.2) is 10.9 Å². The second-order valence-electron chi connectivity index (χ2n) is 4.57. The van der Waals surface area contributed by atoms with Gasteiger partial charge in [0.15, 0.2) is 0 Å². The van der Waals surface area contributed by atoms with Crippen molar-refractivity contribution in [2.24, 2.45) is 0 Å². The highest BCUT2D eigenvalue weighted by Gasteiger charge is 2.15. The maximum atomic E-state index is 12.3. The lowest BCUT2D eigenvalue weighted by Gasteiger charge is -2.15. The zero-order chi connectivity index (χ0) is 15.4. The number of benzene rings is 1. The first-order chi connectivity index (χ1) is 10.1. The Kier molecular flexibility index (Phi) is 5.21. The van der Waals surface area contributed by atoms with E-state index in [1.165, 1.54) is 0 Å². The van der Waals surface area contributed by atoms with E-state index in [1.54, 1.807) is 18.2 Å². The molecule has 0 atom stereocenters. The quantitative estimate of drug-likeness (QED) is 0.824. The van der Waals surface area contributed by atoms with Crippen molar-refractivity contribution < 1.29 is 4.79 Å². The number of amides is 1. The second-order valence-corrected chi connectivity index (χ2v) is 5.36. The van der Waals surface area contributed by atoms with Gasteiger partial charge in [-0.25, -0.2) is 4.98 Å². The van der Waals surface area contributed by atoms with Crippen molar-refractivity contribution in [2.75, 3.05) is 5.32 Å². The average Bonchev–Trinajstić information content (AvgIpc) is 2.47. The highest BCUT2D eigenvalue weighted by atomic mass is 35.5. The number of anilines is 1. The molecule has 1 N–H and O–H groups in total. The van der Waals surface area contributed by atoms with Crippen LogP contribution in [0.15, 0.2) is 30.3 Å². The maximum Gasteiger partial charge on any atom is 0.274 e. The van der Waals surface area contributed by atoms with E-state index in [0.717, 1.165) is 29.7 Å². The first kappa shape index (κ1) is 15.8. The fourth-order valence-electron chi connectivity index (χ4n) is 2.18. The van der Waals surface area contributed by atoms with Crippen LogP contribution >= 0.6 is 23.2 Å². The molecule has 1 aromatic heterocycles. The first-order valence-corrected chi connectivity index (χ1v) is 7.56. The van der Waals surface area contributed by atoms with Gasteiger partial charge in [-0.05, 0) is 42.2 Å². The Labute approximate surface area is 134 Å². The second kappa shape index (κ2) is 6.92. The van der Waals surface area contributed by atoms with Crippen molar-refractivity contribution in [2.45, 2.75) is 26.7 Å². The molecule has 21 heavy (non-hydrogen) atoms. The van der Waals surface area contributed by atoms with E-state index in [9.17, 15) is 4.79 Å².